The van der Waals surface area contributed by atoms with Crippen molar-refractivity contribution in [2.75, 3.05) is 94.3 Å². The van der Waals surface area contributed by atoms with Gasteiger partial charge < -0.3 is 53.5 Å². The average molecular weight is 655 g/mol. The van der Waals surface area contributed by atoms with Crippen molar-refractivity contribution in [1.82, 2.24) is 15.0 Å². The van der Waals surface area contributed by atoms with E-state index < -0.39 is 26.9 Å². The first kappa shape index (κ1) is 38.7. The van der Waals surface area contributed by atoms with Gasteiger partial charge in [0.2, 0.25) is 17.8 Å². The first-order valence-corrected chi connectivity index (χ1v) is 19.8. The number of hydrogen-bond acceptors (Lipinski definition) is 15. The fourth-order valence-electron chi connectivity index (χ4n) is 4.05. The molecule has 0 bridgehead atoms. The van der Waals surface area contributed by atoms with E-state index in [2.05, 4.69) is 0 Å². The normalized spacial score (nSPS) is 12.6. The molecule has 18 heteroatoms. The van der Waals surface area contributed by atoms with E-state index in [9.17, 15) is 0 Å². The molecular weight excluding hydrogens is 601 g/mol. The number of nitrogens with zero attached hydrogens (tertiary/aromatic N) is 6. The largest absolute Gasteiger partial charge is 0.635 e. The van der Waals surface area contributed by atoms with Crippen LogP contribution in [0.4, 0.5) is 17.8 Å². The van der Waals surface area contributed by atoms with Gasteiger partial charge in [-0.1, -0.05) is 0 Å². The molecule has 1 aromatic heterocycles. The highest BCUT2D eigenvalue weighted by atomic mass is 28.4. The van der Waals surface area contributed by atoms with Crippen LogP contribution in [0.1, 0.15) is 62.3 Å². The lowest BCUT2D eigenvalue weighted by Crippen LogP contribution is -2.63. The van der Waals surface area contributed by atoms with Gasteiger partial charge in [0.15, 0.2) is 0 Å². The molecule has 15 nitrogen and oxygen atoms in total. The summed E-state index contributed by atoms with van der Waals surface area (Å²) in [7, 11) is -5.02. The van der Waals surface area contributed by atoms with Gasteiger partial charge >= 0.3 is 26.9 Å². The fourth-order valence-corrected chi connectivity index (χ4v) is 10.9. The van der Waals surface area contributed by atoms with E-state index in [0.29, 0.717) is 59.5 Å². The predicted molar refractivity (Wildman–Crippen MR) is 167 cm³/mol. The molecular formula is C24H54N6O9Si3. The molecule has 0 aliphatic carbocycles. The molecule has 0 unspecified atom stereocenters. The average Bonchev–Trinajstić information content (AvgIpc) is 2.96. The first-order valence-electron chi connectivity index (χ1n) is 14.8. The van der Waals surface area contributed by atoms with Gasteiger partial charge in [-0.2, -0.15) is 15.0 Å². The summed E-state index contributed by atoms with van der Waals surface area (Å²) in [4.78, 5) is 14.5. The van der Waals surface area contributed by atoms with Crippen molar-refractivity contribution in [3.05, 3.63) is 0 Å². The second kappa shape index (κ2) is 19.2. The first-order chi connectivity index (χ1) is 20.1. The van der Waals surface area contributed by atoms with Crippen LogP contribution in [-0.4, -0.2) is 122 Å². The molecule has 0 atom stereocenters. The lowest BCUT2D eigenvalue weighted by atomic mass is 10.8. The maximum Gasteiger partial charge on any atom is 0.635 e. The maximum atomic E-state index is 6.16. The Hall–Kier alpha value is -1.30. The zero-order valence-corrected chi connectivity index (χ0v) is 30.7. The molecule has 42 heavy (non-hydrogen) atoms. The molecule has 0 aliphatic rings. The van der Waals surface area contributed by atoms with Crippen molar-refractivity contribution in [1.29, 1.82) is 0 Å². The lowest BCUT2D eigenvalue weighted by Gasteiger charge is -2.38. The summed E-state index contributed by atoms with van der Waals surface area (Å²) in [6, 6.07) is 0. The van der Waals surface area contributed by atoms with Gasteiger partial charge in [-0.3, -0.25) is 0 Å². The Morgan fingerprint density at radius 1 is 0.357 bits per heavy atom. The molecule has 0 saturated carbocycles. The fraction of sp³-hybridized carbons (Fsp3) is 0.875. The van der Waals surface area contributed by atoms with Crippen molar-refractivity contribution >= 4 is 44.7 Å². The third-order valence-corrected chi connectivity index (χ3v) is 14.6. The van der Waals surface area contributed by atoms with E-state index in [1.54, 1.807) is 34.8 Å². The van der Waals surface area contributed by atoms with Crippen molar-refractivity contribution < 1.29 is 39.8 Å². The molecule has 0 radical (unpaired) electrons. The molecule has 0 fully saturated rings. The van der Waals surface area contributed by atoms with E-state index in [0.717, 1.165) is 0 Å². The molecule has 0 spiro atoms. The highest BCUT2D eigenvalue weighted by molar-refractivity contribution is 6.66. The molecule has 0 N–H and O–H groups in total. The summed E-state index contributed by atoms with van der Waals surface area (Å²) in [5, 5.41) is 0. The minimum atomic E-state index is -3.46. The quantitative estimate of drug-likeness (QED) is 0.151. The number of aromatic nitrogens is 3. The van der Waals surface area contributed by atoms with Crippen molar-refractivity contribution in [2.24, 2.45) is 0 Å². The van der Waals surface area contributed by atoms with Crippen LogP contribution in [0.3, 0.4) is 0 Å². The third kappa shape index (κ3) is 9.35. The van der Waals surface area contributed by atoms with Crippen LogP contribution in [0.5, 0.6) is 0 Å². The van der Waals surface area contributed by atoms with Crippen LogP contribution in [-0.2, 0) is 39.8 Å². The van der Waals surface area contributed by atoms with E-state index in [1.165, 1.54) is 0 Å². The smallest absolute Gasteiger partial charge is 0.357 e. The van der Waals surface area contributed by atoms with Crippen molar-refractivity contribution in [3.63, 3.8) is 0 Å². The van der Waals surface area contributed by atoms with Crippen LogP contribution in [0.2, 0.25) is 0 Å². The van der Waals surface area contributed by atoms with E-state index in [4.69, 9.17) is 54.8 Å². The summed E-state index contributed by atoms with van der Waals surface area (Å²) in [5.74, 6) is 0.738. The number of rotatable bonds is 24. The molecule has 1 aromatic rings. The summed E-state index contributed by atoms with van der Waals surface area (Å²) >= 11 is 0. The highest BCUT2D eigenvalue weighted by Gasteiger charge is 2.53. The van der Waals surface area contributed by atoms with Crippen LogP contribution in [0, 0.1) is 0 Å². The zero-order chi connectivity index (χ0) is 31.8. The van der Waals surface area contributed by atoms with E-state index in [-0.39, 0.29) is 17.8 Å². The molecule has 1 heterocycles. The summed E-state index contributed by atoms with van der Waals surface area (Å²) < 4.78 is 60.6. The Morgan fingerprint density at radius 3 is 0.619 bits per heavy atom. The lowest BCUT2D eigenvalue weighted by molar-refractivity contribution is 0.0699. The SMILES string of the molecule is CCO[Si](OCC)(OCC)N(C)c1nc(N(C)[Si](OCC)(OCC)OCC)nc(N(C)[Si](OCC)(OCC)OCC)n1. The van der Waals surface area contributed by atoms with Crippen LogP contribution in [0.15, 0.2) is 0 Å². The predicted octanol–water partition coefficient (Wildman–Crippen LogP) is 2.82. The molecule has 0 amide bonds. The molecule has 0 aliphatic heterocycles. The Bertz CT molecular complexity index is 725. The standard InChI is InChI=1S/C24H54N6O9Si3/c1-13-31-40(32-14-2,33-15-3)28(10)22-25-23(29(11)41(34-16-4,35-17-5)36-18-6)27-24(26-22)30(12)42(37-19-7,38-20-8)39-21-9/h13-21H2,1-12H3. The van der Waals surface area contributed by atoms with E-state index in [1.807, 2.05) is 62.3 Å². The summed E-state index contributed by atoms with van der Waals surface area (Å²) in [6.07, 6.45) is 0. The molecule has 0 saturated heterocycles. The minimum absolute atomic E-state index is 0.246. The Balaban J connectivity index is 4.03. The second-order valence-corrected chi connectivity index (χ2v) is 16.1. The Kier molecular flexibility index (Phi) is 17.7. The molecule has 0 aromatic carbocycles. The van der Waals surface area contributed by atoms with Gasteiger partial charge in [0.05, 0.1) is 0 Å². The van der Waals surface area contributed by atoms with Gasteiger partial charge in [-0.05, 0) is 62.3 Å². The van der Waals surface area contributed by atoms with Gasteiger partial charge in [0.25, 0.3) is 0 Å². The maximum absolute atomic E-state index is 6.16. The van der Waals surface area contributed by atoms with Gasteiger partial charge in [-0.15, -0.1) is 0 Å². The zero-order valence-electron chi connectivity index (χ0n) is 27.7. The third-order valence-electron chi connectivity index (χ3n) is 5.67. The van der Waals surface area contributed by atoms with Gasteiger partial charge in [-0.25, -0.2) is 0 Å². The van der Waals surface area contributed by atoms with Gasteiger partial charge in [0, 0.05) is 80.6 Å². The number of hydrogen-bond donors (Lipinski definition) is 0. The molecule has 246 valence electrons. The topological polar surface area (TPSA) is 131 Å². The second-order valence-electron chi connectivity index (χ2n) is 8.38. The van der Waals surface area contributed by atoms with Gasteiger partial charge in [0.1, 0.15) is 0 Å². The minimum Gasteiger partial charge on any atom is -0.357 e. The van der Waals surface area contributed by atoms with Crippen molar-refractivity contribution in [3.8, 4) is 0 Å². The highest BCUT2D eigenvalue weighted by Crippen LogP contribution is 2.29. The van der Waals surface area contributed by atoms with Crippen LogP contribution < -0.4 is 13.7 Å². The molecule has 1 rings (SSSR count). The van der Waals surface area contributed by atoms with E-state index >= 15 is 0 Å². The Labute approximate surface area is 256 Å². The monoisotopic (exact) mass is 654 g/mol. The Morgan fingerprint density at radius 2 is 0.500 bits per heavy atom. The summed E-state index contributed by atoms with van der Waals surface area (Å²) in [5.41, 5.74) is 0. The van der Waals surface area contributed by atoms with Crippen LogP contribution >= 0.6 is 0 Å². The number of anilines is 3. The summed E-state index contributed by atoms with van der Waals surface area (Å²) in [6.45, 7) is 20.3. The van der Waals surface area contributed by atoms with Crippen LogP contribution in [0.25, 0.3) is 0 Å². The van der Waals surface area contributed by atoms with Crippen molar-refractivity contribution in [2.45, 2.75) is 62.3 Å².